The smallest absolute Gasteiger partial charge is 0.258 e. The first-order valence-electron chi connectivity index (χ1n) is 7.32. The lowest BCUT2D eigenvalue weighted by Crippen LogP contribution is -2.11. The highest BCUT2D eigenvalue weighted by Gasteiger charge is 2.11. The minimum absolute atomic E-state index is 0.276. The van der Waals surface area contributed by atoms with E-state index in [4.69, 9.17) is 9.26 Å². The first-order chi connectivity index (χ1) is 11.3. The van der Waals surface area contributed by atoms with E-state index < -0.39 is 0 Å². The normalized spacial score (nSPS) is 10.3. The molecule has 0 spiro atoms. The summed E-state index contributed by atoms with van der Waals surface area (Å²) in [5.41, 5.74) is 2.09. The van der Waals surface area contributed by atoms with Crippen molar-refractivity contribution in [1.29, 1.82) is 0 Å². The Morgan fingerprint density at radius 3 is 2.74 bits per heavy atom. The van der Waals surface area contributed by atoms with Gasteiger partial charge in [0, 0.05) is 17.2 Å². The first kappa shape index (κ1) is 14.8. The number of carbonyl (C=O) groups is 1. The Balaban J connectivity index is 1.73. The number of carbonyl (C=O) groups excluding carboxylic acids is 1. The van der Waals surface area contributed by atoms with E-state index in [1.54, 1.807) is 24.3 Å². The molecule has 1 aromatic heterocycles. The molecule has 0 saturated carbocycles. The number of rotatable bonds is 5. The highest BCUT2D eigenvalue weighted by molar-refractivity contribution is 6.03. The Labute approximate surface area is 133 Å². The van der Waals surface area contributed by atoms with Gasteiger partial charge in [0.15, 0.2) is 0 Å². The Bertz CT molecular complexity index is 797. The fourth-order valence-electron chi connectivity index (χ4n) is 2.16. The zero-order valence-corrected chi connectivity index (χ0v) is 12.7. The van der Waals surface area contributed by atoms with Gasteiger partial charge in [0.05, 0.1) is 6.61 Å². The highest BCUT2D eigenvalue weighted by atomic mass is 16.5. The largest absolute Gasteiger partial charge is 0.494 e. The van der Waals surface area contributed by atoms with Crippen molar-refractivity contribution in [3.63, 3.8) is 0 Å². The number of hydrogen-bond acceptors (Lipinski definition) is 4. The third kappa shape index (κ3) is 3.58. The molecule has 5 heteroatoms. The predicted octanol–water partition coefficient (Wildman–Crippen LogP) is 3.99. The molecule has 116 valence electrons. The fraction of sp³-hybridized carbons (Fsp3) is 0.111. The van der Waals surface area contributed by atoms with Crippen molar-refractivity contribution in [2.75, 3.05) is 11.9 Å². The maximum Gasteiger partial charge on any atom is 0.258 e. The third-order valence-electron chi connectivity index (χ3n) is 3.22. The number of nitrogens with one attached hydrogen (secondary N) is 1. The van der Waals surface area contributed by atoms with Crippen molar-refractivity contribution < 1.29 is 14.1 Å². The van der Waals surface area contributed by atoms with E-state index in [2.05, 4.69) is 10.5 Å². The molecule has 0 unspecified atom stereocenters. The van der Waals surface area contributed by atoms with E-state index in [1.807, 2.05) is 43.3 Å². The number of anilines is 1. The number of hydrogen-bond donors (Lipinski definition) is 1. The van der Waals surface area contributed by atoms with Gasteiger partial charge in [0.25, 0.3) is 5.91 Å². The van der Waals surface area contributed by atoms with Gasteiger partial charge < -0.3 is 9.26 Å². The average Bonchev–Trinajstić information content (AvgIpc) is 3.05. The second kappa shape index (κ2) is 6.79. The Kier molecular flexibility index (Phi) is 4.38. The molecule has 2 aromatic carbocycles. The summed E-state index contributed by atoms with van der Waals surface area (Å²) in [4.78, 5) is 12.3. The molecule has 3 rings (SSSR count). The predicted molar refractivity (Wildman–Crippen MR) is 87.5 cm³/mol. The van der Waals surface area contributed by atoms with Gasteiger partial charge in [-0.3, -0.25) is 10.1 Å². The van der Waals surface area contributed by atoms with Crippen molar-refractivity contribution in [2.45, 2.75) is 6.92 Å². The van der Waals surface area contributed by atoms with E-state index in [0.717, 1.165) is 5.56 Å². The van der Waals surface area contributed by atoms with Gasteiger partial charge in [-0.2, -0.15) is 0 Å². The first-order valence-corrected chi connectivity index (χ1v) is 7.32. The molecule has 0 bridgehead atoms. The van der Waals surface area contributed by atoms with Crippen molar-refractivity contribution in [1.82, 2.24) is 5.16 Å². The summed E-state index contributed by atoms with van der Waals surface area (Å²) in [6, 6.07) is 18.3. The zero-order chi connectivity index (χ0) is 16.1. The summed E-state index contributed by atoms with van der Waals surface area (Å²) in [5, 5.41) is 6.66. The maximum atomic E-state index is 12.3. The van der Waals surface area contributed by atoms with Crippen LogP contribution in [0.2, 0.25) is 0 Å². The minimum atomic E-state index is -0.276. The van der Waals surface area contributed by atoms with Crippen molar-refractivity contribution in [2.24, 2.45) is 0 Å². The van der Waals surface area contributed by atoms with E-state index in [-0.39, 0.29) is 5.91 Å². The molecule has 5 nitrogen and oxygen atoms in total. The maximum absolute atomic E-state index is 12.3. The van der Waals surface area contributed by atoms with E-state index in [9.17, 15) is 4.79 Å². The quantitative estimate of drug-likeness (QED) is 0.774. The van der Waals surface area contributed by atoms with Crippen LogP contribution < -0.4 is 10.1 Å². The molecule has 0 saturated heterocycles. The standard InChI is InChI=1S/C18H16N2O3/c1-2-22-15-10-6-9-14(11-15)18(21)19-17-12-16(20-23-17)13-7-4-3-5-8-13/h3-12H,2H2,1H3,(H,19,21). The van der Waals surface area contributed by atoms with Crippen LogP contribution in [0.15, 0.2) is 65.2 Å². The van der Waals surface area contributed by atoms with Crippen molar-refractivity contribution in [3.05, 3.63) is 66.2 Å². The molecule has 0 fully saturated rings. The summed E-state index contributed by atoms with van der Waals surface area (Å²) >= 11 is 0. The topological polar surface area (TPSA) is 64.4 Å². The second-order valence-electron chi connectivity index (χ2n) is 4.86. The zero-order valence-electron chi connectivity index (χ0n) is 12.7. The van der Waals surface area contributed by atoms with Crippen LogP contribution in [-0.4, -0.2) is 17.7 Å². The van der Waals surface area contributed by atoms with Gasteiger partial charge in [0.2, 0.25) is 5.88 Å². The number of aromatic nitrogens is 1. The van der Waals surface area contributed by atoms with Gasteiger partial charge in [-0.15, -0.1) is 0 Å². The van der Waals surface area contributed by atoms with E-state index in [1.165, 1.54) is 0 Å². The molecule has 23 heavy (non-hydrogen) atoms. The third-order valence-corrected chi connectivity index (χ3v) is 3.22. The Morgan fingerprint density at radius 2 is 1.96 bits per heavy atom. The number of amides is 1. The molecular weight excluding hydrogens is 292 g/mol. The Morgan fingerprint density at radius 1 is 1.13 bits per heavy atom. The van der Waals surface area contributed by atoms with Gasteiger partial charge in [0.1, 0.15) is 11.4 Å². The lowest BCUT2D eigenvalue weighted by molar-refractivity contribution is 0.102. The lowest BCUT2D eigenvalue weighted by atomic mass is 10.1. The molecule has 1 amide bonds. The van der Waals surface area contributed by atoms with Crippen LogP contribution in [0, 0.1) is 0 Å². The van der Waals surface area contributed by atoms with Crippen LogP contribution >= 0.6 is 0 Å². The summed E-state index contributed by atoms with van der Waals surface area (Å²) in [6.45, 7) is 2.44. The van der Waals surface area contributed by atoms with Gasteiger partial charge in [-0.05, 0) is 25.1 Å². The number of nitrogens with zero attached hydrogens (tertiary/aromatic N) is 1. The molecule has 1 N–H and O–H groups in total. The molecule has 0 radical (unpaired) electrons. The molecule has 0 aliphatic rings. The van der Waals surface area contributed by atoms with Crippen LogP contribution in [0.3, 0.4) is 0 Å². The molecular formula is C18H16N2O3. The average molecular weight is 308 g/mol. The second-order valence-corrected chi connectivity index (χ2v) is 4.86. The molecule has 0 aliphatic heterocycles. The summed E-state index contributed by atoms with van der Waals surface area (Å²) in [7, 11) is 0. The minimum Gasteiger partial charge on any atom is -0.494 e. The van der Waals surface area contributed by atoms with Gasteiger partial charge >= 0.3 is 0 Å². The van der Waals surface area contributed by atoms with Crippen LogP contribution in [0.4, 0.5) is 5.88 Å². The number of ether oxygens (including phenoxy) is 1. The van der Waals surface area contributed by atoms with Gasteiger partial charge in [-0.1, -0.05) is 41.6 Å². The molecule has 0 aliphatic carbocycles. The van der Waals surface area contributed by atoms with Gasteiger partial charge in [-0.25, -0.2) is 0 Å². The highest BCUT2D eigenvalue weighted by Crippen LogP contribution is 2.22. The summed E-state index contributed by atoms with van der Waals surface area (Å²) in [5.74, 6) is 0.681. The summed E-state index contributed by atoms with van der Waals surface area (Å²) in [6.07, 6.45) is 0. The Hall–Kier alpha value is -3.08. The lowest BCUT2D eigenvalue weighted by Gasteiger charge is -2.05. The van der Waals surface area contributed by atoms with E-state index >= 15 is 0 Å². The molecule has 3 aromatic rings. The SMILES string of the molecule is CCOc1cccc(C(=O)Nc2cc(-c3ccccc3)no2)c1. The van der Waals surface area contributed by atoms with Crippen LogP contribution in [0.25, 0.3) is 11.3 Å². The fourth-order valence-corrected chi connectivity index (χ4v) is 2.16. The number of benzene rings is 2. The van der Waals surface area contributed by atoms with Crippen LogP contribution in [-0.2, 0) is 0 Å². The molecule has 0 atom stereocenters. The van der Waals surface area contributed by atoms with Crippen molar-refractivity contribution >= 4 is 11.8 Å². The summed E-state index contributed by atoms with van der Waals surface area (Å²) < 4.78 is 10.6. The van der Waals surface area contributed by atoms with Crippen LogP contribution in [0.5, 0.6) is 5.75 Å². The van der Waals surface area contributed by atoms with Crippen molar-refractivity contribution in [3.8, 4) is 17.0 Å². The monoisotopic (exact) mass is 308 g/mol. The molecule has 1 heterocycles. The van der Waals surface area contributed by atoms with Crippen LogP contribution in [0.1, 0.15) is 17.3 Å². The van der Waals surface area contributed by atoms with E-state index in [0.29, 0.717) is 29.5 Å².